The van der Waals surface area contributed by atoms with E-state index in [0.717, 1.165) is 18.2 Å². The predicted molar refractivity (Wildman–Crippen MR) is 106 cm³/mol. The molecule has 0 heterocycles. The van der Waals surface area contributed by atoms with Crippen molar-refractivity contribution in [3.63, 3.8) is 0 Å². The first kappa shape index (κ1) is 22.1. The van der Waals surface area contributed by atoms with E-state index in [4.69, 9.17) is 4.74 Å². The number of benzene rings is 2. The molecule has 0 saturated carbocycles. The van der Waals surface area contributed by atoms with Crippen molar-refractivity contribution in [3.8, 4) is 5.75 Å². The summed E-state index contributed by atoms with van der Waals surface area (Å²) in [6.07, 6.45) is 0. The zero-order valence-corrected chi connectivity index (χ0v) is 16.8. The van der Waals surface area contributed by atoms with Crippen molar-refractivity contribution in [1.29, 1.82) is 0 Å². The van der Waals surface area contributed by atoms with E-state index in [9.17, 15) is 13.2 Å². The second-order valence-electron chi connectivity index (χ2n) is 5.21. The maximum atomic E-state index is 13.8. The summed E-state index contributed by atoms with van der Waals surface area (Å²) in [7, 11) is 1.55. The first-order valence-electron chi connectivity index (χ1n) is 7.83. The fourth-order valence-electron chi connectivity index (χ4n) is 2.19. The molecule has 142 valence electrons. The third-order valence-corrected chi connectivity index (χ3v) is 3.43. The Morgan fingerprint density at radius 1 is 1.00 bits per heavy atom. The highest BCUT2D eigenvalue weighted by Gasteiger charge is 2.07. The van der Waals surface area contributed by atoms with Crippen LogP contribution in [0.3, 0.4) is 0 Å². The van der Waals surface area contributed by atoms with E-state index in [0.29, 0.717) is 24.7 Å². The number of hydrogen-bond donors (Lipinski definition) is 2. The standard InChI is InChI=1S/C18H20F3N3O.HI/c1-3-25-17-7-4-12(8-16(17)21)10-23-18(22-2)24-11-13-9-14(19)5-6-15(13)20;/h4-9H,3,10-11H2,1-2H3,(H2,22,23,24);1H. The van der Waals surface area contributed by atoms with Gasteiger partial charge in [0.2, 0.25) is 0 Å². The van der Waals surface area contributed by atoms with E-state index in [2.05, 4.69) is 15.6 Å². The molecule has 8 heteroatoms. The highest BCUT2D eigenvalue weighted by molar-refractivity contribution is 14.0. The Kier molecular flexibility index (Phi) is 9.25. The lowest BCUT2D eigenvalue weighted by Crippen LogP contribution is -2.36. The van der Waals surface area contributed by atoms with E-state index < -0.39 is 17.5 Å². The van der Waals surface area contributed by atoms with E-state index >= 15 is 0 Å². The average Bonchev–Trinajstić information content (AvgIpc) is 2.60. The molecule has 0 aromatic heterocycles. The minimum atomic E-state index is -0.508. The van der Waals surface area contributed by atoms with Crippen LogP contribution in [0.25, 0.3) is 0 Å². The normalized spacial score (nSPS) is 10.9. The van der Waals surface area contributed by atoms with E-state index in [-0.39, 0.29) is 41.8 Å². The van der Waals surface area contributed by atoms with Crippen LogP contribution in [0.15, 0.2) is 41.4 Å². The van der Waals surface area contributed by atoms with Gasteiger partial charge in [-0.25, -0.2) is 13.2 Å². The molecule has 0 aliphatic heterocycles. The number of aliphatic imine (C=N–C) groups is 1. The predicted octanol–water partition coefficient (Wildman–Crippen LogP) is 3.99. The molecule has 26 heavy (non-hydrogen) atoms. The van der Waals surface area contributed by atoms with Crippen LogP contribution in [0, 0.1) is 17.5 Å². The Morgan fingerprint density at radius 2 is 1.73 bits per heavy atom. The molecule has 2 aromatic rings. The lowest BCUT2D eigenvalue weighted by Gasteiger charge is -2.13. The topological polar surface area (TPSA) is 45.6 Å². The molecule has 0 bridgehead atoms. The largest absolute Gasteiger partial charge is 0.491 e. The first-order chi connectivity index (χ1) is 12.0. The monoisotopic (exact) mass is 479 g/mol. The van der Waals surface area contributed by atoms with Gasteiger partial charge in [0.15, 0.2) is 17.5 Å². The fourth-order valence-corrected chi connectivity index (χ4v) is 2.19. The van der Waals surface area contributed by atoms with Gasteiger partial charge in [-0.1, -0.05) is 6.07 Å². The third-order valence-electron chi connectivity index (χ3n) is 3.43. The smallest absolute Gasteiger partial charge is 0.191 e. The molecule has 0 unspecified atom stereocenters. The van der Waals surface area contributed by atoms with Crippen molar-refractivity contribution >= 4 is 29.9 Å². The molecular formula is C18H21F3IN3O. The Bertz CT molecular complexity index is 756. The van der Waals surface area contributed by atoms with Crippen LogP contribution >= 0.6 is 24.0 Å². The van der Waals surface area contributed by atoms with Crippen LogP contribution in [0.2, 0.25) is 0 Å². The first-order valence-corrected chi connectivity index (χ1v) is 7.83. The van der Waals surface area contributed by atoms with Gasteiger partial charge in [0.25, 0.3) is 0 Å². The summed E-state index contributed by atoms with van der Waals surface area (Å²) in [6.45, 7) is 2.56. The van der Waals surface area contributed by atoms with Gasteiger partial charge in [0.05, 0.1) is 6.61 Å². The molecular weight excluding hydrogens is 458 g/mol. The lowest BCUT2D eigenvalue weighted by atomic mass is 10.2. The Hall–Kier alpha value is -1.97. The van der Waals surface area contributed by atoms with Crippen LogP contribution in [0.1, 0.15) is 18.1 Å². The van der Waals surface area contributed by atoms with Crippen molar-refractivity contribution in [3.05, 3.63) is 65.0 Å². The minimum absolute atomic E-state index is 0. The number of guanidine groups is 1. The molecule has 2 N–H and O–H groups in total. The quantitative estimate of drug-likeness (QED) is 0.375. The third kappa shape index (κ3) is 6.40. The van der Waals surface area contributed by atoms with Crippen LogP contribution in [0.4, 0.5) is 13.2 Å². The summed E-state index contributed by atoms with van der Waals surface area (Å²) in [5.41, 5.74) is 0.885. The Morgan fingerprint density at radius 3 is 2.38 bits per heavy atom. The SMILES string of the molecule is CCOc1ccc(CNC(=NC)NCc2cc(F)ccc2F)cc1F.I. The summed E-state index contributed by atoms with van der Waals surface area (Å²) in [4.78, 5) is 4.00. The van der Waals surface area contributed by atoms with Gasteiger partial charge in [-0.05, 0) is 42.8 Å². The zero-order chi connectivity index (χ0) is 18.2. The molecule has 4 nitrogen and oxygen atoms in total. The molecule has 0 aliphatic rings. The number of hydrogen-bond acceptors (Lipinski definition) is 2. The lowest BCUT2D eigenvalue weighted by molar-refractivity contribution is 0.321. The second-order valence-corrected chi connectivity index (χ2v) is 5.21. The molecule has 0 amide bonds. The summed E-state index contributed by atoms with van der Waals surface area (Å²) in [5, 5.41) is 5.87. The van der Waals surface area contributed by atoms with E-state index in [1.807, 2.05) is 0 Å². The van der Waals surface area contributed by atoms with Gasteiger partial charge in [-0.15, -0.1) is 24.0 Å². The van der Waals surface area contributed by atoms with Crippen molar-refractivity contribution in [1.82, 2.24) is 10.6 Å². The maximum Gasteiger partial charge on any atom is 0.191 e. The van der Waals surface area contributed by atoms with Gasteiger partial charge >= 0.3 is 0 Å². The van der Waals surface area contributed by atoms with Crippen LogP contribution in [-0.2, 0) is 13.1 Å². The number of halogens is 4. The molecule has 0 atom stereocenters. The Labute approximate surface area is 167 Å². The number of nitrogens with zero attached hydrogens (tertiary/aromatic N) is 1. The van der Waals surface area contributed by atoms with Gasteiger partial charge < -0.3 is 15.4 Å². The molecule has 0 fully saturated rings. The van der Waals surface area contributed by atoms with E-state index in [1.165, 1.54) is 6.07 Å². The van der Waals surface area contributed by atoms with Gasteiger partial charge in [0.1, 0.15) is 11.6 Å². The van der Waals surface area contributed by atoms with Crippen molar-refractivity contribution in [2.75, 3.05) is 13.7 Å². The number of nitrogens with one attached hydrogen (secondary N) is 2. The molecule has 2 rings (SSSR count). The number of rotatable bonds is 6. The second kappa shape index (κ2) is 10.9. The highest BCUT2D eigenvalue weighted by atomic mass is 127. The van der Waals surface area contributed by atoms with Crippen LogP contribution < -0.4 is 15.4 Å². The fraction of sp³-hybridized carbons (Fsp3) is 0.278. The maximum absolute atomic E-state index is 13.8. The van der Waals surface area contributed by atoms with Crippen molar-refractivity contribution in [2.45, 2.75) is 20.0 Å². The van der Waals surface area contributed by atoms with Crippen molar-refractivity contribution < 1.29 is 17.9 Å². The summed E-state index contributed by atoms with van der Waals surface area (Å²) < 4.78 is 45.7. The van der Waals surface area contributed by atoms with E-state index in [1.54, 1.807) is 26.1 Å². The van der Waals surface area contributed by atoms with Gasteiger partial charge in [-0.3, -0.25) is 4.99 Å². The van der Waals surface area contributed by atoms with Crippen LogP contribution in [-0.4, -0.2) is 19.6 Å². The minimum Gasteiger partial charge on any atom is -0.491 e. The molecule has 0 aliphatic carbocycles. The highest BCUT2D eigenvalue weighted by Crippen LogP contribution is 2.18. The Balaban J connectivity index is 0.00000338. The van der Waals surface area contributed by atoms with Crippen LogP contribution in [0.5, 0.6) is 5.75 Å². The summed E-state index contributed by atoms with van der Waals surface area (Å²) in [6, 6.07) is 7.93. The average molecular weight is 479 g/mol. The summed E-state index contributed by atoms with van der Waals surface area (Å²) >= 11 is 0. The zero-order valence-electron chi connectivity index (χ0n) is 14.5. The van der Waals surface area contributed by atoms with Crippen molar-refractivity contribution in [2.24, 2.45) is 4.99 Å². The summed E-state index contributed by atoms with van der Waals surface area (Å²) in [5.74, 6) is -0.858. The molecule has 0 saturated heterocycles. The molecule has 0 radical (unpaired) electrons. The molecule has 2 aromatic carbocycles. The van der Waals surface area contributed by atoms with Gasteiger partial charge in [-0.2, -0.15) is 0 Å². The molecule has 0 spiro atoms. The number of ether oxygens (including phenoxy) is 1. The van der Waals surface area contributed by atoms with Gasteiger partial charge in [0, 0.05) is 25.7 Å².